The molecule has 0 aliphatic heterocycles. The standard InChI is InChI=1S/C23H29NO5S/c1-17(18-6-7-18)24(19-8-10-20(28-2)11-9-19)23(25)5-4-16-29-21-12-14-22(15-13-21)30(3,26)27/h8-15,17-18H,4-7,16H2,1-3H3. The molecule has 1 aliphatic carbocycles. The van der Waals surface area contributed by atoms with Gasteiger partial charge in [-0.05, 0) is 80.6 Å². The van der Waals surface area contributed by atoms with Crippen LogP contribution in [-0.4, -0.2) is 40.3 Å². The molecule has 2 aromatic carbocycles. The Labute approximate surface area is 178 Å². The van der Waals surface area contributed by atoms with Gasteiger partial charge in [-0.15, -0.1) is 0 Å². The minimum absolute atomic E-state index is 0.0793. The molecule has 0 saturated heterocycles. The molecule has 0 spiro atoms. The summed E-state index contributed by atoms with van der Waals surface area (Å²) in [6.45, 7) is 2.50. The first-order valence-corrected chi connectivity index (χ1v) is 12.1. The van der Waals surface area contributed by atoms with Crippen LogP contribution >= 0.6 is 0 Å². The van der Waals surface area contributed by atoms with Crippen LogP contribution in [0.15, 0.2) is 53.4 Å². The third-order valence-corrected chi connectivity index (χ3v) is 6.51. The number of carbonyl (C=O) groups excluding carboxylic acids is 1. The van der Waals surface area contributed by atoms with Crippen molar-refractivity contribution >= 4 is 21.4 Å². The highest BCUT2D eigenvalue weighted by molar-refractivity contribution is 7.90. The fourth-order valence-electron chi connectivity index (χ4n) is 3.46. The molecule has 0 N–H and O–H groups in total. The van der Waals surface area contributed by atoms with E-state index in [1.54, 1.807) is 19.2 Å². The van der Waals surface area contributed by atoms with Gasteiger partial charge in [-0.2, -0.15) is 0 Å². The average molecular weight is 432 g/mol. The molecule has 1 atom stereocenters. The summed E-state index contributed by atoms with van der Waals surface area (Å²) in [5, 5.41) is 0. The normalized spacial score (nSPS) is 14.8. The van der Waals surface area contributed by atoms with E-state index in [2.05, 4.69) is 6.92 Å². The Morgan fingerprint density at radius 1 is 1.07 bits per heavy atom. The highest BCUT2D eigenvalue weighted by Gasteiger charge is 2.34. The third-order valence-electron chi connectivity index (χ3n) is 5.39. The largest absolute Gasteiger partial charge is 0.497 e. The van der Waals surface area contributed by atoms with Crippen molar-refractivity contribution in [3.8, 4) is 11.5 Å². The number of hydrogen-bond acceptors (Lipinski definition) is 5. The number of carbonyl (C=O) groups is 1. The number of methoxy groups -OCH3 is 1. The van der Waals surface area contributed by atoms with Gasteiger partial charge in [0, 0.05) is 24.4 Å². The Bertz CT molecular complexity index is 950. The summed E-state index contributed by atoms with van der Waals surface area (Å²) in [5.41, 5.74) is 0.887. The average Bonchev–Trinajstić information content (AvgIpc) is 3.57. The Hall–Kier alpha value is -2.54. The van der Waals surface area contributed by atoms with Gasteiger partial charge in [0.1, 0.15) is 11.5 Å². The molecule has 7 heteroatoms. The van der Waals surface area contributed by atoms with Crippen molar-refractivity contribution in [3.63, 3.8) is 0 Å². The van der Waals surface area contributed by atoms with E-state index in [1.807, 2.05) is 29.2 Å². The van der Waals surface area contributed by atoms with Crippen molar-refractivity contribution in [3.05, 3.63) is 48.5 Å². The van der Waals surface area contributed by atoms with Crippen molar-refractivity contribution in [2.75, 3.05) is 24.9 Å². The molecular weight excluding hydrogens is 402 g/mol. The number of ether oxygens (including phenoxy) is 2. The summed E-state index contributed by atoms with van der Waals surface area (Å²) in [4.78, 5) is 15.2. The van der Waals surface area contributed by atoms with E-state index >= 15 is 0 Å². The monoisotopic (exact) mass is 431 g/mol. The fourth-order valence-corrected chi connectivity index (χ4v) is 4.09. The van der Waals surface area contributed by atoms with Crippen LogP contribution in [0.4, 0.5) is 5.69 Å². The van der Waals surface area contributed by atoms with Gasteiger partial charge >= 0.3 is 0 Å². The van der Waals surface area contributed by atoms with Crippen molar-refractivity contribution in [2.45, 2.75) is 43.5 Å². The predicted octanol–water partition coefficient (Wildman–Crippen LogP) is 4.09. The quantitative estimate of drug-likeness (QED) is 0.530. The smallest absolute Gasteiger partial charge is 0.227 e. The molecule has 1 aliphatic rings. The summed E-state index contributed by atoms with van der Waals surface area (Å²) in [5.74, 6) is 1.99. The molecule has 2 aromatic rings. The Kier molecular flexibility index (Phi) is 7.02. The zero-order valence-corrected chi connectivity index (χ0v) is 18.5. The Balaban J connectivity index is 1.56. The molecule has 1 fully saturated rings. The second-order valence-electron chi connectivity index (χ2n) is 7.74. The van der Waals surface area contributed by atoms with E-state index in [9.17, 15) is 13.2 Å². The lowest BCUT2D eigenvalue weighted by Crippen LogP contribution is -2.40. The van der Waals surface area contributed by atoms with Gasteiger partial charge in [0.25, 0.3) is 0 Å². The van der Waals surface area contributed by atoms with Crippen LogP contribution < -0.4 is 14.4 Å². The fraction of sp³-hybridized carbons (Fsp3) is 0.435. The van der Waals surface area contributed by atoms with Crippen LogP contribution in [0.25, 0.3) is 0 Å². The Morgan fingerprint density at radius 3 is 2.20 bits per heavy atom. The van der Waals surface area contributed by atoms with Gasteiger partial charge in [0.15, 0.2) is 9.84 Å². The zero-order chi connectivity index (χ0) is 21.7. The molecule has 162 valence electrons. The van der Waals surface area contributed by atoms with Gasteiger partial charge < -0.3 is 14.4 Å². The maximum absolute atomic E-state index is 13.0. The van der Waals surface area contributed by atoms with Crippen LogP contribution in [-0.2, 0) is 14.6 Å². The van der Waals surface area contributed by atoms with E-state index in [0.717, 1.165) is 24.3 Å². The van der Waals surface area contributed by atoms with Crippen molar-refractivity contribution < 1.29 is 22.7 Å². The lowest BCUT2D eigenvalue weighted by atomic mass is 10.1. The SMILES string of the molecule is COc1ccc(N(C(=O)CCCOc2ccc(S(C)(=O)=O)cc2)C(C)C2CC2)cc1. The first-order valence-electron chi connectivity index (χ1n) is 10.2. The maximum atomic E-state index is 13.0. The molecule has 3 rings (SSSR count). The van der Waals surface area contributed by atoms with Gasteiger partial charge in [0.05, 0.1) is 18.6 Å². The number of benzene rings is 2. The molecule has 0 radical (unpaired) electrons. The summed E-state index contributed by atoms with van der Waals surface area (Å²) in [6.07, 6.45) is 4.45. The van der Waals surface area contributed by atoms with Crippen LogP contribution in [0.1, 0.15) is 32.6 Å². The van der Waals surface area contributed by atoms with Crippen LogP contribution in [0.3, 0.4) is 0 Å². The van der Waals surface area contributed by atoms with E-state index in [4.69, 9.17) is 9.47 Å². The second kappa shape index (κ2) is 9.51. The predicted molar refractivity (Wildman–Crippen MR) is 117 cm³/mol. The van der Waals surface area contributed by atoms with Crippen LogP contribution in [0, 0.1) is 5.92 Å². The molecule has 6 nitrogen and oxygen atoms in total. The summed E-state index contributed by atoms with van der Waals surface area (Å²) >= 11 is 0. The lowest BCUT2D eigenvalue weighted by molar-refractivity contribution is -0.119. The maximum Gasteiger partial charge on any atom is 0.227 e. The summed E-state index contributed by atoms with van der Waals surface area (Å²) < 4.78 is 33.9. The van der Waals surface area contributed by atoms with Crippen molar-refractivity contribution in [1.29, 1.82) is 0 Å². The highest BCUT2D eigenvalue weighted by Crippen LogP contribution is 2.37. The molecular formula is C23H29NO5S. The number of amides is 1. The number of rotatable bonds is 10. The number of nitrogens with zero attached hydrogens (tertiary/aromatic N) is 1. The van der Waals surface area contributed by atoms with E-state index in [0.29, 0.717) is 31.1 Å². The van der Waals surface area contributed by atoms with Gasteiger partial charge in [-0.1, -0.05) is 0 Å². The van der Waals surface area contributed by atoms with E-state index in [-0.39, 0.29) is 16.8 Å². The molecule has 0 heterocycles. The van der Waals surface area contributed by atoms with E-state index < -0.39 is 9.84 Å². The minimum Gasteiger partial charge on any atom is -0.497 e. The van der Waals surface area contributed by atoms with Crippen molar-refractivity contribution in [1.82, 2.24) is 0 Å². The topological polar surface area (TPSA) is 72.9 Å². The van der Waals surface area contributed by atoms with Crippen molar-refractivity contribution in [2.24, 2.45) is 5.92 Å². The number of anilines is 1. The molecule has 30 heavy (non-hydrogen) atoms. The van der Waals surface area contributed by atoms with Gasteiger partial charge in [-0.25, -0.2) is 8.42 Å². The zero-order valence-electron chi connectivity index (χ0n) is 17.7. The van der Waals surface area contributed by atoms with E-state index in [1.165, 1.54) is 18.4 Å². The van der Waals surface area contributed by atoms with Gasteiger partial charge in [-0.3, -0.25) is 4.79 Å². The summed E-state index contributed by atoms with van der Waals surface area (Å²) in [7, 11) is -1.60. The minimum atomic E-state index is -3.22. The third kappa shape index (κ3) is 5.75. The Morgan fingerprint density at radius 2 is 1.67 bits per heavy atom. The molecule has 0 aromatic heterocycles. The first kappa shape index (κ1) is 22.2. The van der Waals surface area contributed by atoms with Gasteiger partial charge in [0.2, 0.25) is 5.91 Å². The molecule has 1 unspecified atom stereocenters. The molecule has 1 saturated carbocycles. The first-order chi connectivity index (χ1) is 14.3. The molecule has 1 amide bonds. The molecule has 0 bridgehead atoms. The highest BCUT2D eigenvalue weighted by atomic mass is 32.2. The number of hydrogen-bond donors (Lipinski definition) is 0. The van der Waals surface area contributed by atoms with Crippen LogP contribution in [0.5, 0.6) is 11.5 Å². The lowest BCUT2D eigenvalue weighted by Gasteiger charge is -2.30. The van der Waals surface area contributed by atoms with Crippen LogP contribution in [0.2, 0.25) is 0 Å². The second-order valence-corrected chi connectivity index (χ2v) is 9.75. The summed E-state index contributed by atoms with van der Waals surface area (Å²) in [6, 6.07) is 14.1. The number of sulfone groups is 1.